The Bertz CT molecular complexity index is 886. The van der Waals surface area contributed by atoms with Crippen molar-refractivity contribution in [1.29, 1.82) is 0 Å². The van der Waals surface area contributed by atoms with Crippen molar-refractivity contribution < 1.29 is 23.7 Å². The minimum atomic E-state index is -0.395. The largest absolute Gasteiger partial charge is 0.486 e. The molecular weight excluding hydrogens is 374 g/mol. The van der Waals surface area contributed by atoms with Gasteiger partial charge in [0.15, 0.2) is 17.3 Å². The maximum Gasteiger partial charge on any atom is 0.274 e. The van der Waals surface area contributed by atoms with Crippen molar-refractivity contribution in [1.82, 2.24) is 4.98 Å². The fraction of sp³-hybridized carbons (Fsp3) is 0.429. The molecule has 29 heavy (non-hydrogen) atoms. The molecule has 0 bridgehead atoms. The number of pyridine rings is 1. The third-order valence-electron chi connectivity index (χ3n) is 5.48. The zero-order valence-corrected chi connectivity index (χ0v) is 16.1. The Morgan fingerprint density at radius 3 is 2.45 bits per heavy atom. The Labute approximate surface area is 168 Å². The number of aromatic nitrogens is 1. The second kappa shape index (κ2) is 7.53. The Morgan fingerprint density at radius 1 is 0.966 bits per heavy atom. The third kappa shape index (κ3) is 3.73. The van der Waals surface area contributed by atoms with Crippen LogP contribution in [0.3, 0.4) is 0 Å². The third-order valence-corrected chi connectivity index (χ3v) is 5.48. The Balaban J connectivity index is 1.21. The van der Waals surface area contributed by atoms with Crippen LogP contribution in [0.25, 0.3) is 0 Å². The van der Waals surface area contributed by atoms with Crippen LogP contribution in [0.2, 0.25) is 0 Å². The van der Waals surface area contributed by atoms with Gasteiger partial charge in [-0.25, -0.2) is 4.98 Å². The summed E-state index contributed by atoms with van der Waals surface area (Å²) in [6, 6.07) is 9.02. The molecule has 1 amide bonds. The molecule has 2 aromatic rings. The number of nitrogens with one attached hydrogen (secondary N) is 1. The summed E-state index contributed by atoms with van der Waals surface area (Å²) in [5.74, 6) is 0.662. The number of fused-ring (bicyclic) bond motifs is 1. The second-order valence-electron chi connectivity index (χ2n) is 7.31. The van der Waals surface area contributed by atoms with Crippen LogP contribution in [-0.4, -0.2) is 56.2 Å². The molecule has 0 unspecified atom stereocenters. The van der Waals surface area contributed by atoms with Crippen molar-refractivity contribution in [3.8, 4) is 11.5 Å². The van der Waals surface area contributed by atoms with E-state index in [1.807, 2.05) is 6.07 Å². The fourth-order valence-corrected chi connectivity index (χ4v) is 3.91. The van der Waals surface area contributed by atoms with Crippen LogP contribution in [0, 0.1) is 0 Å². The Morgan fingerprint density at radius 2 is 1.72 bits per heavy atom. The molecule has 1 aromatic heterocycles. The Kier molecular flexibility index (Phi) is 4.73. The summed E-state index contributed by atoms with van der Waals surface area (Å²) in [6.45, 7) is 4.06. The predicted molar refractivity (Wildman–Crippen MR) is 106 cm³/mol. The first-order valence-electron chi connectivity index (χ1n) is 9.91. The number of amides is 1. The number of hydrogen-bond donors (Lipinski definition) is 1. The van der Waals surface area contributed by atoms with Gasteiger partial charge in [-0.3, -0.25) is 4.79 Å². The van der Waals surface area contributed by atoms with E-state index in [2.05, 4.69) is 15.2 Å². The highest BCUT2D eigenvalue weighted by atomic mass is 16.7. The summed E-state index contributed by atoms with van der Waals surface area (Å²) < 4.78 is 22.6. The van der Waals surface area contributed by atoms with Gasteiger partial charge in [0, 0.05) is 37.7 Å². The SMILES string of the molecule is O=C(Nc1ccc2c(c1)OCCO2)c1ccc(N2CCC3(CC2)OCCO3)cn1. The maximum absolute atomic E-state index is 12.5. The van der Waals surface area contributed by atoms with Crippen LogP contribution in [0.4, 0.5) is 11.4 Å². The van der Waals surface area contributed by atoms with E-state index in [1.165, 1.54) is 0 Å². The van der Waals surface area contributed by atoms with Gasteiger partial charge in [-0.05, 0) is 24.3 Å². The summed E-state index contributed by atoms with van der Waals surface area (Å²) in [5.41, 5.74) is 2.00. The number of anilines is 2. The summed E-state index contributed by atoms with van der Waals surface area (Å²) in [4.78, 5) is 19.1. The molecule has 1 aromatic carbocycles. The summed E-state index contributed by atoms with van der Waals surface area (Å²) in [6.07, 6.45) is 3.41. The molecule has 0 aliphatic carbocycles. The molecule has 0 atom stereocenters. The van der Waals surface area contributed by atoms with Gasteiger partial charge in [-0.2, -0.15) is 0 Å². The lowest BCUT2D eigenvalue weighted by Gasteiger charge is -2.38. The normalized spacial score (nSPS) is 19.9. The predicted octanol–water partition coefficient (Wildman–Crippen LogP) is 2.45. The molecule has 1 N–H and O–H groups in total. The van der Waals surface area contributed by atoms with E-state index in [0.29, 0.717) is 49.3 Å². The summed E-state index contributed by atoms with van der Waals surface area (Å²) in [7, 11) is 0. The van der Waals surface area contributed by atoms with Gasteiger partial charge < -0.3 is 29.2 Å². The molecule has 3 aliphatic rings. The lowest BCUT2D eigenvalue weighted by molar-refractivity contribution is -0.169. The smallest absolute Gasteiger partial charge is 0.274 e. The zero-order valence-electron chi connectivity index (χ0n) is 16.1. The quantitative estimate of drug-likeness (QED) is 0.852. The number of benzene rings is 1. The van der Waals surface area contributed by atoms with Crippen LogP contribution < -0.4 is 19.7 Å². The maximum atomic E-state index is 12.5. The fourth-order valence-electron chi connectivity index (χ4n) is 3.91. The topological polar surface area (TPSA) is 82.2 Å². The van der Waals surface area contributed by atoms with Crippen molar-refractivity contribution in [2.75, 3.05) is 49.7 Å². The molecule has 8 heteroatoms. The van der Waals surface area contributed by atoms with Crippen LogP contribution >= 0.6 is 0 Å². The van der Waals surface area contributed by atoms with E-state index in [-0.39, 0.29) is 5.91 Å². The van der Waals surface area contributed by atoms with E-state index in [0.717, 1.165) is 31.6 Å². The molecule has 4 heterocycles. The number of rotatable bonds is 3. The second-order valence-corrected chi connectivity index (χ2v) is 7.31. The lowest BCUT2D eigenvalue weighted by atomic mass is 10.0. The molecular formula is C21H23N3O5. The van der Waals surface area contributed by atoms with Crippen LogP contribution in [0.1, 0.15) is 23.3 Å². The van der Waals surface area contributed by atoms with Crippen LogP contribution in [0.15, 0.2) is 36.5 Å². The van der Waals surface area contributed by atoms with Crippen molar-refractivity contribution in [3.63, 3.8) is 0 Å². The molecule has 2 saturated heterocycles. The minimum Gasteiger partial charge on any atom is -0.486 e. The Hall–Kier alpha value is -2.84. The number of carbonyl (C=O) groups excluding carboxylic acids is 1. The van der Waals surface area contributed by atoms with Crippen molar-refractivity contribution in [2.24, 2.45) is 0 Å². The minimum absolute atomic E-state index is 0.265. The number of nitrogens with zero attached hydrogens (tertiary/aromatic N) is 2. The number of piperidine rings is 1. The van der Waals surface area contributed by atoms with Crippen LogP contribution in [-0.2, 0) is 9.47 Å². The highest BCUT2D eigenvalue weighted by molar-refractivity contribution is 6.03. The highest BCUT2D eigenvalue weighted by Gasteiger charge is 2.39. The van der Waals surface area contributed by atoms with Gasteiger partial charge in [0.1, 0.15) is 18.9 Å². The van der Waals surface area contributed by atoms with Crippen molar-refractivity contribution in [2.45, 2.75) is 18.6 Å². The molecule has 3 aliphatic heterocycles. The number of hydrogen-bond acceptors (Lipinski definition) is 7. The lowest BCUT2D eigenvalue weighted by Crippen LogP contribution is -2.45. The molecule has 2 fully saturated rings. The average molecular weight is 397 g/mol. The first-order valence-corrected chi connectivity index (χ1v) is 9.91. The van der Waals surface area contributed by atoms with Gasteiger partial charge in [-0.1, -0.05) is 0 Å². The molecule has 1 spiro atoms. The number of ether oxygens (including phenoxy) is 4. The monoisotopic (exact) mass is 397 g/mol. The molecule has 0 radical (unpaired) electrons. The number of carbonyl (C=O) groups is 1. The van der Waals surface area contributed by atoms with Crippen molar-refractivity contribution >= 4 is 17.3 Å². The van der Waals surface area contributed by atoms with E-state index in [1.54, 1.807) is 30.5 Å². The molecule has 152 valence electrons. The van der Waals surface area contributed by atoms with Gasteiger partial charge in [-0.15, -0.1) is 0 Å². The molecule has 5 rings (SSSR count). The van der Waals surface area contributed by atoms with E-state index < -0.39 is 5.79 Å². The summed E-state index contributed by atoms with van der Waals surface area (Å²) in [5, 5.41) is 2.86. The first kappa shape index (κ1) is 18.2. The highest BCUT2D eigenvalue weighted by Crippen LogP contribution is 2.34. The van der Waals surface area contributed by atoms with Crippen molar-refractivity contribution in [3.05, 3.63) is 42.2 Å². The molecule has 8 nitrogen and oxygen atoms in total. The average Bonchev–Trinajstić information content (AvgIpc) is 3.22. The van der Waals surface area contributed by atoms with Gasteiger partial charge >= 0.3 is 0 Å². The summed E-state index contributed by atoms with van der Waals surface area (Å²) >= 11 is 0. The van der Waals surface area contributed by atoms with E-state index in [9.17, 15) is 4.79 Å². The first-order chi connectivity index (χ1) is 14.2. The van der Waals surface area contributed by atoms with E-state index in [4.69, 9.17) is 18.9 Å². The van der Waals surface area contributed by atoms with Crippen LogP contribution in [0.5, 0.6) is 11.5 Å². The van der Waals surface area contributed by atoms with Gasteiger partial charge in [0.25, 0.3) is 5.91 Å². The van der Waals surface area contributed by atoms with Gasteiger partial charge in [0.05, 0.1) is 25.1 Å². The van der Waals surface area contributed by atoms with E-state index >= 15 is 0 Å². The van der Waals surface area contributed by atoms with Gasteiger partial charge in [0.2, 0.25) is 0 Å². The standard InChI is InChI=1S/C21H23N3O5/c25-20(23-15-1-4-18-19(13-15)27-10-9-26-18)17-3-2-16(14-22-17)24-7-5-21(6-8-24)28-11-12-29-21/h1-4,13-14H,5-12H2,(H,23,25). The zero-order chi connectivity index (χ0) is 19.7. The molecule has 0 saturated carbocycles.